The van der Waals surface area contributed by atoms with Crippen molar-refractivity contribution < 1.29 is 14.3 Å². The van der Waals surface area contributed by atoms with Gasteiger partial charge in [0.2, 0.25) is 17.7 Å². The van der Waals surface area contributed by atoms with Crippen LogP contribution in [0.15, 0.2) is 47.7 Å². The second kappa shape index (κ2) is 15.5. The van der Waals surface area contributed by atoms with Crippen LogP contribution in [0.2, 0.25) is 0 Å². The second-order valence-electron chi connectivity index (χ2n) is 19.1. The number of piperidine rings is 3. The highest BCUT2D eigenvalue weighted by atomic mass is 16.5. The topological polar surface area (TPSA) is 163 Å². The molecule has 1 aromatic carbocycles. The molecule has 0 spiro atoms. The Morgan fingerprint density at radius 2 is 1.61 bits per heavy atom. The van der Waals surface area contributed by atoms with Gasteiger partial charge >= 0.3 is 5.69 Å². The van der Waals surface area contributed by atoms with Crippen molar-refractivity contribution in [3.8, 4) is 17.3 Å². The summed E-state index contributed by atoms with van der Waals surface area (Å²) >= 11 is 0. The van der Waals surface area contributed by atoms with Gasteiger partial charge in [-0.2, -0.15) is 5.10 Å². The molecule has 4 saturated heterocycles. The first kappa shape index (κ1) is 39.8. The second-order valence-corrected chi connectivity index (χ2v) is 19.1. The number of para-hydroxylation sites is 1. The third-order valence-electron chi connectivity index (χ3n) is 14.3. The van der Waals surface area contributed by atoms with Crippen molar-refractivity contribution in [1.29, 1.82) is 0 Å². The molecule has 5 aliphatic rings. The van der Waals surface area contributed by atoms with E-state index in [-0.39, 0.29) is 29.2 Å². The van der Waals surface area contributed by atoms with E-state index in [2.05, 4.69) is 78.0 Å². The molecule has 1 aliphatic carbocycles. The lowest BCUT2D eigenvalue weighted by atomic mass is 9.90. The molecular weight excluding hydrogens is 773 g/mol. The van der Waals surface area contributed by atoms with E-state index in [9.17, 15) is 14.4 Å². The number of hydrogen-bond donors (Lipinski definition) is 2. The number of imidazole rings is 1. The minimum atomic E-state index is -0.683. The molecular formula is C45H58N12O4. The third kappa shape index (κ3) is 7.77. The number of carbonyl (C=O) groups is 2. The number of aromatic amines is 1. The first-order valence-corrected chi connectivity index (χ1v) is 22.3. The first-order chi connectivity index (χ1) is 29.4. The number of anilines is 2. The molecule has 4 aliphatic heterocycles. The number of aromatic nitrogens is 7. The van der Waals surface area contributed by atoms with Gasteiger partial charge in [-0.05, 0) is 89.7 Å². The molecule has 0 bridgehead atoms. The summed E-state index contributed by atoms with van der Waals surface area (Å²) in [4.78, 5) is 62.1. The van der Waals surface area contributed by atoms with Crippen LogP contribution in [0.4, 0.5) is 11.5 Å². The number of amides is 2. The van der Waals surface area contributed by atoms with Crippen molar-refractivity contribution in [2.24, 2.45) is 18.9 Å². The van der Waals surface area contributed by atoms with E-state index in [4.69, 9.17) is 9.72 Å². The Morgan fingerprint density at radius 1 is 0.852 bits per heavy atom. The average Bonchev–Trinajstić information content (AvgIpc) is 3.73. The molecule has 2 amide bonds. The largest absolute Gasteiger partial charge is 0.471 e. The fourth-order valence-corrected chi connectivity index (χ4v) is 10.4. The molecule has 322 valence electrons. The standard InChI is InChI=1S/C45H58N12O4/c1-44(2)27-53(25-29-10-16-54(17-11-29)34-6-5-7-35-41(34)52(4)43(60)57(35)36-8-9-38(58)49-42(36)59)20-21-56(44)26-30-12-18-55(19-13-30)37-23-32(47-28-48-37)40-31-22-39(61-45(3)14-15-45)46-24-33(31)50-51-40/h5-7,22-24,28-30,36H,8-21,25-27H2,1-4H3,(H,50,51)(H,49,58,59). The maximum atomic E-state index is 13.5. The van der Waals surface area contributed by atoms with Crippen molar-refractivity contribution in [2.75, 3.05) is 68.7 Å². The van der Waals surface area contributed by atoms with Gasteiger partial charge in [-0.1, -0.05) is 6.07 Å². The number of hydrogen-bond acceptors (Lipinski definition) is 12. The zero-order chi connectivity index (χ0) is 42.0. The number of H-pyrrole nitrogens is 1. The normalized spacial score (nSPS) is 22.9. The van der Waals surface area contributed by atoms with Gasteiger partial charge in [-0.25, -0.2) is 19.7 Å². The Kier molecular flexibility index (Phi) is 10.1. The number of fused-ring (bicyclic) bond motifs is 2. The van der Waals surface area contributed by atoms with Crippen LogP contribution >= 0.6 is 0 Å². The van der Waals surface area contributed by atoms with Gasteiger partial charge in [0.1, 0.15) is 29.5 Å². The summed E-state index contributed by atoms with van der Waals surface area (Å²) in [6, 6.07) is 9.35. The SMILES string of the molecule is Cn1c(=O)n(C2CCC(=O)NC2=O)c2cccc(N3CCC(CN4CCN(CC5CCN(c6cc(-c7n[nH]c8cnc(OC9(C)CC9)cc78)ncn6)CC5)C(C)(C)C4)CC3)c21. The quantitative estimate of drug-likeness (QED) is 0.190. The number of aryl methyl sites for hydroxylation is 1. The number of pyridine rings is 1. The molecule has 1 atom stereocenters. The Labute approximate surface area is 355 Å². The molecule has 8 heterocycles. The third-order valence-corrected chi connectivity index (χ3v) is 14.3. The summed E-state index contributed by atoms with van der Waals surface area (Å²) in [5, 5.41) is 11.1. The summed E-state index contributed by atoms with van der Waals surface area (Å²) in [6.07, 6.45) is 10.6. The minimum Gasteiger partial charge on any atom is -0.471 e. The molecule has 0 radical (unpaired) electrons. The van der Waals surface area contributed by atoms with Crippen molar-refractivity contribution in [3.05, 3.63) is 53.3 Å². The van der Waals surface area contributed by atoms with Crippen molar-refractivity contribution in [3.63, 3.8) is 0 Å². The van der Waals surface area contributed by atoms with Gasteiger partial charge in [0, 0.05) is 95.4 Å². The van der Waals surface area contributed by atoms with Crippen LogP contribution in [-0.2, 0) is 16.6 Å². The fraction of sp³-hybridized carbons (Fsp3) is 0.578. The molecule has 1 saturated carbocycles. The molecule has 5 fully saturated rings. The lowest BCUT2D eigenvalue weighted by Crippen LogP contribution is -2.61. The fourth-order valence-electron chi connectivity index (χ4n) is 10.4. The van der Waals surface area contributed by atoms with E-state index in [0.29, 0.717) is 24.1 Å². The molecule has 4 aromatic heterocycles. The number of benzene rings is 1. The number of nitrogens with one attached hydrogen (secondary N) is 2. The minimum absolute atomic E-state index is 0.0941. The smallest absolute Gasteiger partial charge is 0.329 e. The number of piperazine rings is 1. The Balaban J connectivity index is 0.715. The van der Waals surface area contributed by atoms with E-state index in [0.717, 1.165) is 142 Å². The highest BCUT2D eigenvalue weighted by Gasteiger charge is 2.41. The highest BCUT2D eigenvalue weighted by molar-refractivity contribution is 6.00. The van der Waals surface area contributed by atoms with E-state index in [1.807, 2.05) is 18.2 Å². The predicted octanol–water partition coefficient (Wildman–Crippen LogP) is 4.51. The van der Waals surface area contributed by atoms with Gasteiger partial charge in [0.05, 0.1) is 34.1 Å². The van der Waals surface area contributed by atoms with E-state index in [1.54, 1.807) is 28.7 Å². The maximum Gasteiger partial charge on any atom is 0.329 e. The van der Waals surface area contributed by atoms with Crippen LogP contribution in [-0.4, -0.2) is 126 Å². The molecule has 5 aromatic rings. The zero-order valence-electron chi connectivity index (χ0n) is 35.9. The Morgan fingerprint density at radius 3 is 2.34 bits per heavy atom. The zero-order valence-corrected chi connectivity index (χ0v) is 35.9. The van der Waals surface area contributed by atoms with Crippen molar-refractivity contribution in [2.45, 2.75) is 89.3 Å². The van der Waals surface area contributed by atoms with E-state index in [1.165, 1.54) is 0 Å². The van der Waals surface area contributed by atoms with Gasteiger partial charge in [0.25, 0.3) is 0 Å². The number of nitrogens with zero attached hydrogens (tertiary/aromatic N) is 10. The number of carbonyl (C=O) groups excluding carboxylic acids is 2. The predicted molar refractivity (Wildman–Crippen MR) is 234 cm³/mol. The highest BCUT2D eigenvalue weighted by Crippen LogP contribution is 2.40. The Hall–Kier alpha value is -5.35. The summed E-state index contributed by atoms with van der Waals surface area (Å²) in [7, 11) is 1.78. The maximum absolute atomic E-state index is 13.5. The van der Waals surface area contributed by atoms with Gasteiger partial charge in [-0.3, -0.25) is 38.9 Å². The molecule has 2 N–H and O–H groups in total. The summed E-state index contributed by atoms with van der Waals surface area (Å²) in [5.41, 5.74) is 4.84. The van der Waals surface area contributed by atoms with Gasteiger partial charge < -0.3 is 14.5 Å². The number of ether oxygens (including phenoxy) is 1. The van der Waals surface area contributed by atoms with Crippen LogP contribution in [0, 0.1) is 11.8 Å². The molecule has 16 heteroatoms. The average molecular weight is 831 g/mol. The summed E-state index contributed by atoms with van der Waals surface area (Å²) in [6.45, 7) is 16.2. The lowest BCUT2D eigenvalue weighted by molar-refractivity contribution is -0.135. The van der Waals surface area contributed by atoms with Crippen LogP contribution in [0.3, 0.4) is 0 Å². The Bertz CT molecular complexity index is 2520. The van der Waals surface area contributed by atoms with Crippen LogP contribution < -0.4 is 25.5 Å². The van der Waals surface area contributed by atoms with E-state index >= 15 is 0 Å². The van der Waals surface area contributed by atoms with Crippen molar-refractivity contribution >= 4 is 45.3 Å². The lowest BCUT2D eigenvalue weighted by Gasteiger charge is -2.50. The first-order valence-electron chi connectivity index (χ1n) is 22.3. The van der Waals surface area contributed by atoms with Crippen LogP contribution in [0.5, 0.6) is 5.88 Å². The number of rotatable bonds is 10. The van der Waals surface area contributed by atoms with Gasteiger partial charge in [0.15, 0.2) is 0 Å². The number of imide groups is 1. The summed E-state index contributed by atoms with van der Waals surface area (Å²) < 4.78 is 9.39. The molecule has 61 heavy (non-hydrogen) atoms. The monoisotopic (exact) mass is 830 g/mol. The molecule has 10 rings (SSSR count). The summed E-state index contributed by atoms with van der Waals surface area (Å²) in [5.74, 6) is 2.14. The molecule has 1 unspecified atom stereocenters. The van der Waals surface area contributed by atoms with E-state index < -0.39 is 11.9 Å². The van der Waals surface area contributed by atoms with Crippen molar-refractivity contribution in [1.82, 2.24) is 49.4 Å². The van der Waals surface area contributed by atoms with Crippen LogP contribution in [0.1, 0.15) is 78.2 Å². The van der Waals surface area contributed by atoms with Gasteiger partial charge in [-0.15, -0.1) is 0 Å². The van der Waals surface area contributed by atoms with Crippen LogP contribution in [0.25, 0.3) is 33.3 Å². The molecule has 16 nitrogen and oxygen atoms in total.